The Kier molecular flexibility index (Phi) is 9.63. The molecule has 48 heavy (non-hydrogen) atoms. The van der Waals surface area contributed by atoms with Gasteiger partial charge < -0.3 is 23.7 Å². The fraction of sp³-hybridized carbons (Fsp3) is 0.237. The molecule has 1 aliphatic rings. The van der Waals surface area contributed by atoms with Crippen LogP contribution in [0.15, 0.2) is 99.9 Å². The van der Waals surface area contributed by atoms with Crippen LogP contribution < -0.4 is 33.8 Å². The van der Waals surface area contributed by atoms with Crippen molar-refractivity contribution >= 4 is 34.2 Å². The highest BCUT2D eigenvalue weighted by Crippen LogP contribution is 2.38. The van der Waals surface area contributed by atoms with E-state index in [0.29, 0.717) is 56.8 Å². The van der Waals surface area contributed by atoms with E-state index in [9.17, 15) is 9.59 Å². The molecule has 0 bridgehead atoms. The third-order valence-electron chi connectivity index (χ3n) is 8.08. The van der Waals surface area contributed by atoms with Crippen molar-refractivity contribution in [2.75, 3.05) is 27.4 Å². The van der Waals surface area contributed by atoms with Gasteiger partial charge in [0.25, 0.3) is 5.56 Å². The molecule has 6 rings (SSSR count). The highest BCUT2D eigenvalue weighted by Gasteiger charge is 2.35. The summed E-state index contributed by atoms with van der Waals surface area (Å²) in [6.07, 6.45) is 1.80. The first-order chi connectivity index (χ1) is 23.4. The number of allylic oxidation sites excluding steroid dienone is 1. The smallest absolute Gasteiger partial charge is 0.338 e. The van der Waals surface area contributed by atoms with E-state index in [4.69, 9.17) is 23.7 Å². The summed E-state index contributed by atoms with van der Waals surface area (Å²) in [6.45, 7) is 6.38. The first-order valence-electron chi connectivity index (χ1n) is 15.6. The van der Waals surface area contributed by atoms with E-state index < -0.39 is 12.0 Å². The number of rotatable bonds is 11. The van der Waals surface area contributed by atoms with Crippen LogP contribution in [0.5, 0.6) is 23.0 Å². The number of carbonyl (C=O) groups excluding carboxylic acids is 1. The number of methoxy groups -OCH3 is 2. The Hall–Kier alpha value is -5.35. The van der Waals surface area contributed by atoms with Crippen molar-refractivity contribution in [1.29, 1.82) is 0 Å². The van der Waals surface area contributed by atoms with E-state index in [2.05, 4.69) is 29.3 Å². The lowest BCUT2D eigenvalue weighted by molar-refractivity contribution is -0.139. The molecule has 4 aromatic carbocycles. The topological polar surface area (TPSA) is 97.6 Å². The van der Waals surface area contributed by atoms with Gasteiger partial charge in [0, 0.05) is 5.56 Å². The van der Waals surface area contributed by atoms with Crippen LogP contribution in [-0.4, -0.2) is 38.0 Å². The van der Waals surface area contributed by atoms with E-state index in [1.54, 1.807) is 52.3 Å². The molecule has 0 N–H and O–H groups in total. The Bertz CT molecular complexity index is 2210. The Morgan fingerprint density at radius 3 is 2.46 bits per heavy atom. The van der Waals surface area contributed by atoms with Gasteiger partial charge in [-0.2, -0.15) is 0 Å². The molecule has 1 aliphatic heterocycles. The number of thiazole rings is 1. The Labute approximate surface area is 281 Å². The Morgan fingerprint density at radius 2 is 1.69 bits per heavy atom. The monoisotopic (exact) mass is 664 g/mol. The summed E-state index contributed by atoms with van der Waals surface area (Å²) in [5.74, 6) is 1.66. The Balaban J connectivity index is 1.41. The fourth-order valence-electron chi connectivity index (χ4n) is 5.87. The van der Waals surface area contributed by atoms with Crippen molar-refractivity contribution in [3.05, 3.63) is 127 Å². The molecule has 0 aliphatic carbocycles. The van der Waals surface area contributed by atoms with Crippen LogP contribution in [0.2, 0.25) is 0 Å². The third-order valence-corrected chi connectivity index (χ3v) is 9.06. The normalized spacial score (nSPS) is 14.4. The molecule has 0 saturated carbocycles. The molecule has 0 radical (unpaired) electrons. The SMILES string of the molecule is CCOC(=O)C1=C(C)N=c2s/c(=C\c3ccc(OCc4cccc5ccccc45)c(OCC)c3)c(=O)n2[C@@H]1c1cc(OC)ccc1OC. The number of fused-ring (bicyclic) bond motifs is 2. The van der Waals surface area contributed by atoms with Crippen molar-refractivity contribution in [3.63, 3.8) is 0 Å². The summed E-state index contributed by atoms with van der Waals surface area (Å²) in [5.41, 5.74) is 2.81. The molecule has 0 spiro atoms. The maximum absolute atomic E-state index is 14.2. The zero-order valence-corrected chi connectivity index (χ0v) is 28.3. The second-order valence-corrected chi connectivity index (χ2v) is 12.0. The van der Waals surface area contributed by atoms with Crippen LogP contribution in [0.3, 0.4) is 0 Å². The minimum atomic E-state index is -0.851. The highest BCUT2D eigenvalue weighted by atomic mass is 32.1. The lowest BCUT2D eigenvalue weighted by atomic mass is 9.94. The number of hydrogen-bond donors (Lipinski definition) is 0. The van der Waals surface area contributed by atoms with Crippen molar-refractivity contribution in [2.24, 2.45) is 4.99 Å². The van der Waals surface area contributed by atoms with Gasteiger partial charge in [-0.3, -0.25) is 9.36 Å². The molecule has 0 amide bonds. The average molecular weight is 665 g/mol. The summed E-state index contributed by atoms with van der Waals surface area (Å²) in [4.78, 5) is 32.7. The van der Waals surface area contributed by atoms with Gasteiger partial charge in [0.1, 0.15) is 24.1 Å². The van der Waals surface area contributed by atoms with Gasteiger partial charge in [0.15, 0.2) is 16.3 Å². The largest absolute Gasteiger partial charge is 0.497 e. The van der Waals surface area contributed by atoms with E-state index in [1.165, 1.54) is 15.9 Å². The fourth-order valence-corrected chi connectivity index (χ4v) is 6.91. The maximum atomic E-state index is 14.2. The molecule has 246 valence electrons. The lowest BCUT2D eigenvalue weighted by Gasteiger charge is -2.26. The standard InChI is InChI=1S/C38H36N2O7S/c1-6-45-32-19-24(15-17-31(32)47-22-26-13-10-12-25-11-8-9-14-28(25)26)20-33-36(41)40-35(29-21-27(43-4)16-18-30(29)44-5)34(37(42)46-7-2)23(3)39-38(40)48-33/h8-21,35H,6-7,22H2,1-5H3/b33-20-/t35-/m1/s1. The minimum Gasteiger partial charge on any atom is -0.497 e. The van der Waals surface area contributed by atoms with E-state index >= 15 is 0 Å². The van der Waals surface area contributed by atoms with Crippen LogP contribution in [0, 0.1) is 0 Å². The molecule has 10 heteroatoms. The summed E-state index contributed by atoms with van der Waals surface area (Å²) >= 11 is 1.24. The van der Waals surface area contributed by atoms with Crippen LogP contribution in [-0.2, 0) is 16.1 Å². The zero-order chi connectivity index (χ0) is 33.8. The van der Waals surface area contributed by atoms with Crippen LogP contribution >= 0.6 is 11.3 Å². The molecular weight excluding hydrogens is 628 g/mol. The van der Waals surface area contributed by atoms with E-state index in [1.807, 2.05) is 43.3 Å². The first-order valence-corrected chi connectivity index (χ1v) is 16.5. The second-order valence-electron chi connectivity index (χ2n) is 11.0. The highest BCUT2D eigenvalue weighted by molar-refractivity contribution is 7.07. The van der Waals surface area contributed by atoms with Gasteiger partial charge in [0.05, 0.1) is 43.2 Å². The van der Waals surface area contributed by atoms with Gasteiger partial charge in [-0.25, -0.2) is 9.79 Å². The van der Waals surface area contributed by atoms with Crippen LogP contribution in [0.25, 0.3) is 16.8 Å². The number of ether oxygens (including phenoxy) is 5. The van der Waals surface area contributed by atoms with Gasteiger partial charge in [0.2, 0.25) is 0 Å². The molecule has 1 aromatic heterocycles. The maximum Gasteiger partial charge on any atom is 0.338 e. The molecule has 0 unspecified atom stereocenters. The zero-order valence-electron chi connectivity index (χ0n) is 27.4. The Morgan fingerprint density at radius 1 is 0.896 bits per heavy atom. The molecule has 2 heterocycles. The van der Waals surface area contributed by atoms with Gasteiger partial charge in [-0.1, -0.05) is 59.9 Å². The van der Waals surface area contributed by atoms with Crippen molar-refractivity contribution in [1.82, 2.24) is 4.57 Å². The number of benzene rings is 4. The molecule has 0 saturated heterocycles. The lowest BCUT2D eigenvalue weighted by Crippen LogP contribution is -2.40. The predicted octanol–water partition coefficient (Wildman–Crippen LogP) is 5.95. The van der Waals surface area contributed by atoms with Crippen molar-refractivity contribution in [3.8, 4) is 23.0 Å². The summed E-state index contributed by atoms with van der Waals surface area (Å²) < 4.78 is 30.8. The predicted molar refractivity (Wildman–Crippen MR) is 186 cm³/mol. The van der Waals surface area contributed by atoms with E-state index in [-0.39, 0.29) is 17.7 Å². The third kappa shape index (κ3) is 6.31. The van der Waals surface area contributed by atoms with E-state index in [0.717, 1.165) is 21.9 Å². The minimum absolute atomic E-state index is 0.172. The number of carbonyl (C=O) groups is 1. The average Bonchev–Trinajstić information content (AvgIpc) is 3.40. The van der Waals surface area contributed by atoms with Crippen molar-refractivity contribution in [2.45, 2.75) is 33.4 Å². The van der Waals surface area contributed by atoms with Gasteiger partial charge in [-0.15, -0.1) is 0 Å². The van der Waals surface area contributed by atoms with Crippen LogP contribution in [0.1, 0.15) is 43.5 Å². The first kappa shape index (κ1) is 32.6. The van der Waals surface area contributed by atoms with Crippen molar-refractivity contribution < 1.29 is 28.5 Å². The number of hydrogen-bond acceptors (Lipinski definition) is 9. The van der Waals surface area contributed by atoms with Gasteiger partial charge >= 0.3 is 5.97 Å². The summed E-state index contributed by atoms with van der Waals surface area (Å²) in [6, 6.07) is 24.4. The molecule has 9 nitrogen and oxygen atoms in total. The molecular formula is C38H36N2O7S. The van der Waals surface area contributed by atoms with Gasteiger partial charge in [-0.05, 0) is 79.1 Å². The molecule has 1 atom stereocenters. The molecule has 0 fully saturated rings. The number of esters is 1. The number of nitrogens with zero attached hydrogens (tertiary/aromatic N) is 2. The second kappa shape index (κ2) is 14.2. The summed E-state index contributed by atoms with van der Waals surface area (Å²) in [7, 11) is 3.10. The van der Waals surface area contributed by atoms with Crippen LogP contribution in [0.4, 0.5) is 0 Å². The summed E-state index contributed by atoms with van der Waals surface area (Å²) in [5, 5.41) is 2.29. The number of aromatic nitrogens is 1. The molecule has 5 aromatic rings. The quantitative estimate of drug-likeness (QED) is 0.161.